The molecule has 0 aliphatic rings. The first-order chi connectivity index (χ1) is 9.06. The molecule has 0 amide bonds. The summed E-state index contributed by atoms with van der Waals surface area (Å²) in [6.45, 7) is 2.36. The summed E-state index contributed by atoms with van der Waals surface area (Å²) in [5.41, 5.74) is 1.41. The second-order valence-corrected chi connectivity index (χ2v) is 4.43. The average Bonchev–Trinajstić information content (AvgIpc) is 2.37. The van der Waals surface area contributed by atoms with Crippen molar-refractivity contribution in [2.75, 3.05) is 0 Å². The summed E-state index contributed by atoms with van der Waals surface area (Å²) in [5.74, 6) is -0.918. The van der Waals surface area contributed by atoms with Crippen molar-refractivity contribution in [2.45, 2.75) is 19.5 Å². The Morgan fingerprint density at radius 3 is 2.42 bits per heavy atom. The molecule has 0 saturated carbocycles. The van der Waals surface area contributed by atoms with Crippen LogP contribution in [-0.4, -0.2) is 5.11 Å². The van der Waals surface area contributed by atoms with Crippen LogP contribution < -0.4 is 5.32 Å². The van der Waals surface area contributed by atoms with E-state index in [-0.39, 0.29) is 11.8 Å². The van der Waals surface area contributed by atoms with Gasteiger partial charge in [-0.15, -0.1) is 0 Å². The van der Waals surface area contributed by atoms with Gasteiger partial charge in [-0.1, -0.05) is 18.2 Å². The van der Waals surface area contributed by atoms with Gasteiger partial charge in [0, 0.05) is 24.2 Å². The molecule has 2 rings (SSSR count). The molecule has 0 saturated heterocycles. The zero-order valence-corrected chi connectivity index (χ0v) is 10.5. The van der Waals surface area contributed by atoms with Crippen LogP contribution in [0, 0.1) is 11.6 Å². The monoisotopic (exact) mass is 263 g/mol. The van der Waals surface area contributed by atoms with Gasteiger partial charge in [0.15, 0.2) is 0 Å². The maximum absolute atomic E-state index is 13.6. The minimum Gasteiger partial charge on any atom is -0.508 e. The lowest BCUT2D eigenvalue weighted by molar-refractivity contribution is 0.474. The number of rotatable bonds is 4. The highest BCUT2D eigenvalue weighted by Crippen LogP contribution is 2.18. The third-order valence-corrected chi connectivity index (χ3v) is 2.98. The molecule has 100 valence electrons. The third-order valence-electron chi connectivity index (χ3n) is 2.98. The molecular formula is C15H15F2NO. The van der Waals surface area contributed by atoms with Gasteiger partial charge in [-0.2, -0.15) is 0 Å². The lowest BCUT2D eigenvalue weighted by atomic mass is 10.1. The van der Waals surface area contributed by atoms with Crippen LogP contribution in [-0.2, 0) is 6.54 Å². The van der Waals surface area contributed by atoms with Gasteiger partial charge >= 0.3 is 0 Å². The first kappa shape index (κ1) is 13.5. The fourth-order valence-corrected chi connectivity index (χ4v) is 1.85. The topological polar surface area (TPSA) is 32.3 Å². The second-order valence-electron chi connectivity index (χ2n) is 4.43. The van der Waals surface area contributed by atoms with Gasteiger partial charge in [0.2, 0.25) is 0 Å². The van der Waals surface area contributed by atoms with Crippen molar-refractivity contribution in [1.82, 2.24) is 5.32 Å². The van der Waals surface area contributed by atoms with Crippen LogP contribution in [0.3, 0.4) is 0 Å². The van der Waals surface area contributed by atoms with Gasteiger partial charge < -0.3 is 10.4 Å². The molecule has 0 fully saturated rings. The predicted molar refractivity (Wildman–Crippen MR) is 69.7 cm³/mol. The summed E-state index contributed by atoms with van der Waals surface area (Å²) in [4.78, 5) is 0. The van der Waals surface area contributed by atoms with Crippen LogP contribution in [0.2, 0.25) is 0 Å². The largest absolute Gasteiger partial charge is 0.508 e. The number of benzene rings is 2. The lowest BCUT2D eigenvalue weighted by Gasteiger charge is -2.15. The highest BCUT2D eigenvalue weighted by Gasteiger charge is 2.11. The Morgan fingerprint density at radius 1 is 1.11 bits per heavy atom. The van der Waals surface area contributed by atoms with Crippen LogP contribution in [0.4, 0.5) is 8.78 Å². The molecular weight excluding hydrogens is 248 g/mol. The van der Waals surface area contributed by atoms with Crippen molar-refractivity contribution in [3.05, 3.63) is 65.2 Å². The van der Waals surface area contributed by atoms with Crippen LogP contribution in [0.25, 0.3) is 0 Å². The van der Waals surface area contributed by atoms with E-state index in [2.05, 4.69) is 5.32 Å². The molecule has 2 N–H and O–H groups in total. The van der Waals surface area contributed by atoms with E-state index in [1.54, 1.807) is 24.3 Å². The Morgan fingerprint density at radius 2 is 1.79 bits per heavy atom. The first-order valence-corrected chi connectivity index (χ1v) is 6.02. The predicted octanol–water partition coefficient (Wildman–Crippen LogP) is 3.52. The van der Waals surface area contributed by atoms with Crippen LogP contribution in [0.1, 0.15) is 24.1 Å². The number of nitrogens with one attached hydrogen (secondary N) is 1. The molecule has 0 heterocycles. The summed E-state index contributed by atoms with van der Waals surface area (Å²) >= 11 is 0. The number of phenolic OH excluding ortho intramolecular Hbond substituents is 1. The molecule has 2 aromatic rings. The fourth-order valence-electron chi connectivity index (χ4n) is 1.85. The maximum Gasteiger partial charge on any atom is 0.130 e. The zero-order valence-electron chi connectivity index (χ0n) is 10.5. The minimum absolute atomic E-state index is 0.210. The van der Waals surface area contributed by atoms with Gasteiger partial charge in [0.05, 0.1) is 0 Å². The first-order valence-electron chi connectivity index (χ1n) is 6.02. The number of halogens is 2. The Bertz CT molecular complexity index is 555. The van der Waals surface area contributed by atoms with Crippen LogP contribution in [0.15, 0.2) is 42.5 Å². The molecule has 1 unspecified atom stereocenters. The highest BCUT2D eigenvalue weighted by atomic mass is 19.1. The summed E-state index contributed by atoms with van der Waals surface area (Å²) < 4.78 is 26.4. The molecule has 2 nitrogen and oxygen atoms in total. The molecule has 0 aliphatic carbocycles. The normalized spacial score (nSPS) is 12.4. The molecule has 19 heavy (non-hydrogen) atoms. The maximum atomic E-state index is 13.6. The molecule has 4 heteroatoms. The van der Waals surface area contributed by atoms with Gasteiger partial charge in [-0.25, -0.2) is 8.78 Å². The lowest BCUT2D eigenvalue weighted by Crippen LogP contribution is -2.19. The van der Waals surface area contributed by atoms with Gasteiger partial charge in [-0.3, -0.25) is 0 Å². The van der Waals surface area contributed by atoms with E-state index in [1.165, 1.54) is 12.1 Å². The fraction of sp³-hybridized carbons (Fsp3) is 0.200. The van der Waals surface area contributed by atoms with Crippen LogP contribution >= 0.6 is 0 Å². The van der Waals surface area contributed by atoms with E-state index in [0.29, 0.717) is 12.1 Å². The van der Waals surface area contributed by atoms with Crippen molar-refractivity contribution in [1.29, 1.82) is 0 Å². The second kappa shape index (κ2) is 5.80. The minimum atomic E-state index is -0.577. The van der Waals surface area contributed by atoms with Crippen molar-refractivity contribution in [3.63, 3.8) is 0 Å². The van der Waals surface area contributed by atoms with E-state index >= 15 is 0 Å². The molecule has 0 radical (unpaired) electrons. The van der Waals surface area contributed by atoms with Crippen LogP contribution in [0.5, 0.6) is 5.75 Å². The van der Waals surface area contributed by atoms with Gasteiger partial charge in [0.1, 0.15) is 17.4 Å². The van der Waals surface area contributed by atoms with E-state index in [9.17, 15) is 8.78 Å². The van der Waals surface area contributed by atoms with E-state index in [4.69, 9.17) is 5.11 Å². The summed E-state index contributed by atoms with van der Waals surface area (Å²) in [7, 11) is 0. The molecule has 2 aromatic carbocycles. The number of hydrogen-bond donors (Lipinski definition) is 2. The quantitative estimate of drug-likeness (QED) is 0.884. The van der Waals surface area contributed by atoms with Crippen molar-refractivity contribution in [2.24, 2.45) is 0 Å². The average molecular weight is 263 g/mol. The summed E-state index contributed by atoms with van der Waals surface area (Å²) in [6.07, 6.45) is 0. The van der Waals surface area contributed by atoms with Gasteiger partial charge in [0.25, 0.3) is 0 Å². The third kappa shape index (κ3) is 3.51. The van der Waals surface area contributed by atoms with E-state index in [0.717, 1.165) is 11.6 Å². The van der Waals surface area contributed by atoms with Crippen molar-refractivity contribution in [3.8, 4) is 5.75 Å². The molecule has 1 atom stereocenters. The van der Waals surface area contributed by atoms with Gasteiger partial charge in [-0.05, 0) is 30.7 Å². The van der Waals surface area contributed by atoms with E-state index < -0.39 is 11.6 Å². The molecule has 0 aromatic heterocycles. The molecule has 0 bridgehead atoms. The summed E-state index contributed by atoms with van der Waals surface area (Å²) in [6, 6.07) is 10.1. The standard InChI is InChI=1S/C15H15F2NO/c1-10(14-7-4-12(16)8-15(14)17)18-9-11-2-5-13(19)6-3-11/h2-8,10,18-19H,9H2,1H3. The Hall–Kier alpha value is -1.94. The number of hydrogen-bond acceptors (Lipinski definition) is 2. The summed E-state index contributed by atoms with van der Waals surface area (Å²) in [5, 5.41) is 12.3. The smallest absolute Gasteiger partial charge is 0.130 e. The number of phenols is 1. The Balaban J connectivity index is 2.01. The van der Waals surface area contributed by atoms with Crippen molar-refractivity contribution < 1.29 is 13.9 Å². The number of aromatic hydroxyl groups is 1. The molecule has 0 aliphatic heterocycles. The van der Waals surface area contributed by atoms with Crippen molar-refractivity contribution >= 4 is 0 Å². The highest BCUT2D eigenvalue weighted by molar-refractivity contribution is 5.26. The Kier molecular flexibility index (Phi) is 4.12. The SMILES string of the molecule is CC(NCc1ccc(O)cc1)c1ccc(F)cc1F. The zero-order chi connectivity index (χ0) is 13.8. The molecule has 0 spiro atoms. The Labute approximate surface area is 110 Å². The van der Waals surface area contributed by atoms with E-state index in [1.807, 2.05) is 6.92 Å².